The fourth-order valence-electron chi connectivity index (χ4n) is 2.79. The van der Waals surface area contributed by atoms with Gasteiger partial charge in [-0.25, -0.2) is 4.79 Å². The third kappa shape index (κ3) is 4.03. The molecule has 0 unspecified atom stereocenters. The molecule has 28 heavy (non-hydrogen) atoms. The van der Waals surface area contributed by atoms with E-state index in [0.29, 0.717) is 12.2 Å². The number of carbonyl (C=O) groups is 2. The molecule has 2 aromatic rings. The Labute approximate surface area is 160 Å². The predicted molar refractivity (Wildman–Crippen MR) is 98.8 cm³/mol. The van der Waals surface area contributed by atoms with Gasteiger partial charge in [-0.3, -0.25) is 14.9 Å². The molecule has 2 aromatic carbocycles. The summed E-state index contributed by atoms with van der Waals surface area (Å²) in [4.78, 5) is 36.9. The zero-order chi connectivity index (χ0) is 20.1. The molecule has 0 N–H and O–H groups in total. The van der Waals surface area contributed by atoms with E-state index in [9.17, 15) is 19.7 Å². The number of ether oxygens (including phenoxy) is 3. The van der Waals surface area contributed by atoms with E-state index in [1.165, 1.54) is 11.0 Å². The fraction of sp³-hybridized carbons (Fsp3) is 0.263. The van der Waals surface area contributed by atoms with Gasteiger partial charge in [-0.1, -0.05) is 18.2 Å². The summed E-state index contributed by atoms with van der Waals surface area (Å²) in [6, 6.07) is 11.2. The molecular weight excluding hydrogens is 368 g/mol. The molecule has 1 heterocycles. The summed E-state index contributed by atoms with van der Waals surface area (Å²) in [5.41, 5.74) is -0.113. The highest BCUT2D eigenvalue weighted by atomic mass is 16.6. The molecule has 0 spiro atoms. The number of hydrogen-bond acceptors (Lipinski definition) is 7. The van der Waals surface area contributed by atoms with Crippen molar-refractivity contribution in [1.82, 2.24) is 0 Å². The molecule has 146 valence electrons. The quantitative estimate of drug-likeness (QED) is 0.426. The van der Waals surface area contributed by atoms with E-state index >= 15 is 0 Å². The van der Waals surface area contributed by atoms with Crippen molar-refractivity contribution in [2.24, 2.45) is 0 Å². The van der Waals surface area contributed by atoms with Crippen molar-refractivity contribution in [3.8, 4) is 11.5 Å². The molecule has 9 nitrogen and oxygen atoms in total. The summed E-state index contributed by atoms with van der Waals surface area (Å²) >= 11 is 0. The largest absolute Gasteiger partial charge is 0.486 e. The third-order valence-electron chi connectivity index (χ3n) is 4.09. The summed E-state index contributed by atoms with van der Waals surface area (Å²) in [5, 5.41) is 11.3. The number of rotatable bonds is 6. The van der Waals surface area contributed by atoms with Crippen molar-refractivity contribution in [2.75, 3.05) is 31.3 Å². The van der Waals surface area contributed by atoms with Gasteiger partial charge in [0.1, 0.15) is 18.8 Å². The lowest BCUT2D eigenvalue weighted by Crippen LogP contribution is -2.34. The van der Waals surface area contributed by atoms with Crippen LogP contribution in [0.1, 0.15) is 17.3 Å². The van der Waals surface area contributed by atoms with Crippen LogP contribution in [0.2, 0.25) is 0 Å². The molecule has 0 saturated heterocycles. The number of fused-ring (bicyclic) bond motifs is 1. The average Bonchev–Trinajstić information content (AvgIpc) is 2.72. The van der Waals surface area contributed by atoms with E-state index in [-0.39, 0.29) is 30.3 Å². The Morgan fingerprint density at radius 2 is 1.79 bits per heavy atom. The number of benzene rings is 2. The number of likely N-dealkylation sites (N-methyl/N-ethyl adjacent to an activating group) is 1. The van der Waals surface area contributed by atoms with E-state index in [0.717, 1.165) is 6.07 Å². The lowest BCUT2D eigenvalue weighted by atomic mass is 10.1. The zero-order valence-corrected chi connectivity index (χ0v) is 15.1. The second kappa shape index (κ2) is 8.38. The van der Waals surface area contributed by atoms with Crippen LogP contribution in [0.3, 0.4) is 0 Å². The number of nitrogens with zero attached hydrogens (tertiary/aromatic N) is 2. The molecule has 0 fully saturated rings. The van der Waals surface area contributed by atoms with Crippen LogP contribution in [0.4, 0.5) is 11.4 Å². The topological polar surface area (TPSA) is 108 Å². The van der Waals surface area contributed by atoms with Crippen LogP contribution in [0.5, 0.6) is 11.5 Å². The molecule has 3 rings (SSSR count). The first-order valence-corrected chi connectivity index (χ1v) is 8.61. The summed E-state index contributed by atoms with van der Waals surface area (Å²) in [6.45, 7) is 2.14. The lowest BCUT2D eigenvalue weighted by molar-refractivity contribution is -0.385. The number of nitro groups is 1. The first kappa shape index (κ1) is 19.2. The molecule has 1 aliphatic heterocycles. The van der Waals surface area contributed by atoms with Crippen LogP contribution in [0.25, 0.3) is 0 Å². The van der Waals surface area contributed by atoms with Crippen LogP contribution in [-0.4, -0.2) is 43.2 Å². The monoisotopic (exact) mass is 386 g/mol. The highest BCUT2D eigenvalue weighted by Gasteiger charge is 2.28. The summed E-state index contributed by atoms with van der Waals surface area (Å²) in [5.74, 6) is -1.02. The molecule has 0 bridgehead atoms. The summed E-state index contributed by atoms with van der Waals surface area (Å²) in [6.07, 6.45) is 0. The predicted octanol–water partition coefficient (Wildman–Crippen LogP) is 2.58. The molecule has 1 aliphatic rings. The Hall–Kier alpha value is -3.62. The zero-order valence-electron chi connectivity index (χ0n) is 15.1. The molecule has 0 aliphatic carbocycles. The van der Waals surface area contributed by atoms with Crippen LogP contribution < -0.4 is 14.4 Å². The number of carbonyl (C=O) groups excluding carboxylic acids is 2. The van der Waals surface area contributed by atoms with Gasteiger partial charge in [0.2, 0.25) is 0 Å². The number of hydrogen-bond donors (Lipinski definition) is 0. The number of amides is 1. The van der Waals surface area contributed by atoms with E-state index in [4.69, 9.17) is 14.2 Å². The standard InChI is InChI=1S/C19H18N2O7/c1-2-20(13-6-4-3-5-7-13)18(22)12-28-19(23)14-10-16-17(27-9-8-26-16)11-15(14)21(24)25/h3-7,10-11H,2,8-9,12H2,1H3. The van der Waals surface area contributed by atoms with Crippen molar-refractivity contribution >= 4 is 23.3 Å². The first-order valence-electron chi connectivity index (χ1n) is 8.61. The van der Waals surface area contributed by atoms with Crippen LogP contribution >= 0.6 is 0 Å². The van der Waals surface area contributed by atoms with E-state index in [1.807, 2.05) is 6.07 Å². The minimum Gasteiger partial charge on any atom is -0.486 e. The summed E-state index contributed by atoms with van der Waals surface area (Å²) in [7, 11) is 0. The Balaban J connectivity index is 1.75. The van der Waals surface area contributed by atoms with Gasteiger partial charge in [-0.2, -0.15) is 0 Å². The van der Waals surface area contributed by atoms with Crippen LogP contribution in [0, 0.1) is 10.1 Å². The molecule has 0 aromatic heterocycles. The number of nitro benzene ring substituents is 1. The smallest absolute Gasteiger partial charge is 0.345 e. The van der Waals surface area contributed by atoms with Gasteiger partial charge >= 0.3 is 5.97 Å². The van der Waals surface area contributed by atoms with Gasteiger partial charge in [-0.15, -0.1) is 0 Å². The second-order valence-electron chi connectivity index (χ2n) is 5.82. The van der Waals surface area contributed by atoms with E-state index in [1.54, 1.807) is 31.2 Å². The Morgan fingerprint density at radius 3 is 2.39 bits per heavy atom. The highest BCUT2D eigenvalue weighted by molar-refractivity contribution is 5.99. The fourth-order valence-corrected chi connectivity index (χ4v) is 2.79. The molecule has 0 radical (unpaired) electrons. The van der Waals surface area contributed by atoms with Gasteiger partial charge in [0.25, 0.3) is 11.6 Å². The maximum Gasteiger partial charge on any atom is 0.345 e. The van der Waals surface area contributed by atoms with E-state index in [2.05, 4.69) is 0 Å². The normalized spacial score (nSPS) is 12.2. The average molecular weight is 386 g/mol. The molecule has 0 atom stereocenters. The first-order chi connectivity index (χ1) is 13.5. The Bertz CT molecular complexity index is 899. The van der Waals surface area contributed by atoms with Crippen LogP contribution in [0.15, 0.2) is 42.5 Å². The van der Waals surface area contributed by atoms with Gasteiger partial charge in [0, 0.05) is 18.3 Å². The van der Waals surface area contributed by atoms with Crippen molar-refractivity contribution in [1.29, 1.82) is 0 Å². The molecule has 1 amide bonds. The molecule has 0 saturated carbocycles. The lowest BCUT2D eigenvalue weighted by Gasteiger charge is -2.21. The Kier molecular flexibility index (Phi) is 5.73. The van der Waals surface area contributed by atoms with Crippen molar-refractivity contribution in [3.05, 3.63) is 58.1 Å². The minimum absolute atomic E-state index is 0.187. The van der Waals surface area contributed by atoms with Crippen molar-refractivity contribution in [3.63, 3.8) is 0 Å². The SMILES string of the molecule is CCN(C(=O)COC(=O)c1cc2c(cc1[N+](=O)[O-])OCCO2)c1ccccc1. The minimum atomic E-state index is -0.985. The summed E-state index contributed by atoms with van der Waals surface area (Å²) < 4.78 is 15.7. The maximum atomic E-state index is 12.4. The second-order valence-corrected chi connectivity index (χ2v) is 5.82. The Morgan fingerprint density at radius 1 is 1.14 bits per heavy atom. The van der Waals surface area contributed by atoms with Gasteiger partial charge < -0.3 is 19.1 Å². The van der Waals surface area contributed by atoms with E-state index < -0.39 is 29.1 Å². The van der Waals surface area contributed by atoms with Gasteiger partial charge in [-0.05, 0) is 19.1 Å². The van der Waals surface area contributed by atoms with Gasteiger partial charge in [0.05, 0.1) is 11.0 Å². The van der Waals surface area contributed by atoms with Crippen LogP contribution in [-0.2, 0) is 9.53 Å². The number of para-hydroxylation sites is 1. The van der Waals surface area contributed by atoms with Gasteiger partial charge in [0.15, 0.2) is 18.1 Å². The highest BCUT2D eigenvalue weighted by Crippen LogP contribution is 2.36. The molecular formula is C19H18N2O7. The van der Waals surface area contributed by atoms with Crippen molar-refractivity contribution in [2.45, 2.75) is 6.92 Å². The molecule has 9 heteroatoms. The third-order valence-corrected chi connectivity index (χ3v) is 4.09. The number of anilines is 1. The van der Waals surface area contributed by atoms with Crippen molar-refractivity contribution < 1.29 is 28.7 Å². The number of esters is 1. The maximum absolute atomic E-state index is 12.4.